The SMILES string of the molecule is CC(C)C1CC(=O)N(Cc2nnc(N)s2)C1. The Morgan fingerprint density at radius 1 is 1.56 bits per heavy atom. The minimum absolute atomic E-state index is 0.215. The Morgan fingerprint density at radius 3 is 2.81 bits per heavy atom. The molecule has 1 aliphatic rings. The molecular weight excluding hydrogens is 224 g/mol. The highest BCUT2D eigenvalue weighted by atomic mass is 32.1. The predicted octanol–water partition coefficient (Wildman–Crippen LogP) is 1.12. The number of nitrogen functional groups attached to an aromatic ring is 1. The van der Waals surface area contributed by atoms with E-state index in [-0.39, 0.29) is 5.91 Å². The molecule has 0 aromatic carbocycles. The van der Waals surface area contributed by atoms with Crippen LogP contribution in [0.3, 0.4) is 0 Å². The maximum absolute atomic E-state index is 11.8. The molecule has 1 atom stereocenters. The van der Waals surface area contributed by atoms with Crippen molar-refractivity contribution in [1.29, 1.82) is 0 Å². The molecule has 0 saturated carbocycles. The highest BCUT2D eigenvalue weighted by Gasteiger charge is 2.31. The van der Waals surface area contributed by atoms with E-state index in [1.807, 2.05) is 4.90 Å². The third kappa shape index (κ3) is 2.32. The molecule has 1 aromatic heterocycles. The third-order valence-electron chi connectivity index (χ3n) is 3.00. The average molecular weight is 240 g/mol. The summed E-state index contributed by atoms with van der Waals surface area (Å²) < 4.78 is 0. The molecule has 0 bridgehead atoms. The van der Waals surface area contributed by atoms with Gasteiger partial charge in [0, 0.05) is 13.0 Å². The van der Waals surface area contributed by atoms with Crippen LogP contribution in [0.4, 0.5) is 5.13 Å². The summed E-state index contributed by atoms with van der Waals surface area (Å²) in [6.07, 6.45) is 0.659. The summed E-state index contributed by atoms with van der Waals surface area (Å²) in [5, 5.41) is 8.95. The molecule has 5 nitrogen and oxygen atoms in total. The Kier molecular flexibility index (Phi) is 3.09. The molecular formula is C10H16N4OS. The van der Waals surface area contributed by atoms with Gasteiger partial charge in [0.1, 0.15) is 5.01 Å². The third-order valence-corrected chi connectivity index (χ3v) is 3.73. The number of carbonyl (C=O) groups excluding carboxylic acids is 1. The largest absolute Gasteiger partial charge is 0.374 e. The van der Waals surface area contributed by atoms with Gasteiger partial charge in [0.15, 0.2) is 0 Å². The highest BCUT2D eigenvalue weighted by Crippen LogP contribution is 2.26. The van der Waals surface area contributed by atoms with E-state index in [4.69, 9.17) is 5.73 Å². The molecule has 1 amide bonds. The fourth-order valence-corrected chi connectivity index (χ4v) is 2.52. The summed E-state index contributed by atoms with van der Waals surface area (Å²) in [5.41, 5.74) is 5.50. The number of likely N-dealkylation sites (tertiary alicyclic amines) is 1. The van der Waals surface area contributed by atoms with Gasteiger partial charge in [-0.05, 0) is 11.8 Å². The molecule has 0 radical (unpaired) electrons. The number of anilines is 1. The Hall–Kier alpha value is -1.17. The summed E-state index contributed by atoms with van der Waals surface area (Å²) in [5.74, 6) is 1.23. The lowest BCUT2D eigenvalue weighted by molar-refractivity contribution is -0.128. The van der Waals surface area contributed by atoms with Gasteiger partial charge in [0.05, 0.1) is 6.54 Å². The number of hydrogen-bond acceptors (Lipinski definition) is 5. The normalized spacial score (nSPS) is 21.1. The topological polar surface area (TPSA) is 72.1 Å². The van der Waals surface area contributed by atoms with Gasteiger partial charge in [-0.1, -0.05) is 25.2 Å². The second kappa shape index (κ2) is 4.37. The van der Waals surface area contributed by atoms with Crippen molar-refractivity contribution in [3.63, 3.8) is 0 Å². The minimum atomic E-state index is 0.215. The van der Waals surface area contributed by atoms with Crippen molar-refractivity contribution >= 4 is 22.4 Å². The zero-order valence-electron chi connectivity index (χ0n) is 9.51. The van der Waals surface area contributed by atoms with Crippen molar-refractivity contribution in [2.75, 3.05) is 12.3 Å². The monoisotopic (exact) mass is 240 g/mol. The van der Waals surface area contributed by atoms with Gasteiger partial charge in [-0.3, -0.25) is 4.79 Å². The van der Waals surface area contributed by atoms with E-state index in [1.165, 1.54) is 11.3 Å². The van der Waals surface area contributed by atoms with Crippen LogP contribution in [-0.2, 0) is 11.3 Å². The van der Waals surface area contributed by atoms with Crippen LogP contribution in [0, 0.1) is 11.8 Å². The number of amides is 1. The van der Waals surface area contributed by atoms with Crippen LogP contribution < -0.4 is 5.73 Å². The first-order chi connectivity index (χ1) is 7.56. The average Bonchev–Trinajstić information content (AvgIpc) is 2.75. The van der Waals surface area contributed by atoms with Crippen LogP contribution in [0.15, 0.2) is 0 Å². The van der Waals surface area contributed by atoms with Crippen molar-refractivity contribution in [3.05, 3.63) is 5.01 Å². The first kappa shape index (κ1) is 11.3. The van der Waals surface area contributed by atoms with Crippen LogP contribution in [0.2, 0.25) is 0 Å². The van der Waals surface area contributed by atoms with Crippen LogP contribution in [-0.4, -0.2) is 27.5 Å². The molecule has 2 heterocycles. The van der Waals surface area contributed by atoms with Crippen molar-refractivity contribution in [2.24, 2.45) is 11.8 Å². The molecule has 2 rings (SSSR count). The number of aromatic nitrogens is 2. The molecule has 0 spiro atoms. The molecule has 0 aliphatic carbocycles. The van der Waals surface area contributed by atoms with Gasteiger partial charge in [-0.25, -0.2) is 0 Å². The second-order valence-corrected chi connectivity index (χ2v) is 5.61. The van der Waals surface area contributed by atoms with E-state index in [9.17, 15) is 4.79 Å². The van der Waals surface area contributed by atoms with Crippen molar-refractivity contribution in [2.45, 2.75) is 26.8 Å². The van der Waals surface area contributed by atoms with E-state index in [0.717, 1.165) is 11.6 Å². The number of rotatable bonds is 3. The summed E-state index contributed by atoms with van der Waals surface area (Å²) in [6, 6.07) is 0. The fraction of sp³-hybridized carbons (Fsp3) is 0.700. The predicted molar refractivity (Wildman–Crippen MR) is 62.7 cm³/mol. The lowest BCUT2D eigenvalue weighted by Gasteiger charge is -2.16. The van der Waals surface area contributed by atoms with Crippen molar-refractivity contribution < 1.29 is 4.79 Å². The molecule has 2 N–H and O–H groups in total. The van der Waals surface area contributed by atoms with Crippen LogP contribution in [0.5, 0.6) is 0 Å². The summed E-state index contributed by atoms with van der Waals surface area (Å²) >= 11 is 1.35. The van der Waals surface area contributed by atoms with Gasteiger partial charge >= 0.3 is 0 Å². The van der Waals surface area contributed by atoms with Gasteiger partial charge in [-0.2, -0.15) is 0 Å². The quantitative estimate of drug-likeness (QED) is 0.859. The Morgan fingerprint density at radius 2 is 2.31 bits per heavy atom. The standard InChI is InChI=1S/C10H16N4OS/c1-6(2)7-3-9(15)14(4-7)5-8-12-13-10(11)16-8/h6-7H,3-5H2,1-2H3,(H2,11,13). The number of carbonyl (C=O) groups is 1. The van der Waals surface area contributed by atoms with Crippen LogP contribution in [0.1, 0.15) is 25.3 Å². The second-order valence-electron chi connectivity index (χ2n) is 4.52. The Bertz CT molecular complexity index is 390. The maximum Gasteiger partial charge on any atom is 0.223 e. The molecule has 1 unspecified atom stereocenters. The van der Waals surface area contributed by atoms with E-state index >= 15 is 0 Å². The first-order valence-corrected chi connectivity index (χ1v) is 6.23. The Labute approximate surface area is 98.7 Å². The zero-order chi connectivity index (χ0) is 11.7. The summed E-state index contributed by atoms with van der Waals surface area (Å²) in [4.78, 5) is 13.6. The molecule has 16 heavy (non-hydrogen) atoms. The van der Waals surface area contributed by atoms with E-state index in [0.29, 0.717) is 29.9 Å². The summed E-state index contributed by atoms with van der Waals surface area (Å²) in [7, 11) is 0. The smallest absolute Gasteiger partial charge is 0.223 e. The van der Waals surface area contributed by atoms with Crippen molar-refractivity contribution in [1.82, 2.24) is 15.1 Å². The molecule has 1 saturated heterocycles. The highest BCUT2D eigenvalue weighted by molar-refractivity contribution is 7.15. The molecule has 1 fully saturated rings. The number of nitrogens with zero attached hydrogens (tertiary/aromatic N) is 3. The number of nitrogens with two attached hydrogens (primary N) is 1. The number of hydrogen-bond donors (Lipinski definition) is 1. The van der Waals surface area contributed by atoms with E-state index < -0.39 is 0 Å². The van der Waals surface area contributed by atoms with Crippen molar-refractivity contribution in [3.8, 4) is 0 Å². The van der Waals surface area contributed by atoms with Gasteiger partial charge in [0.2, 0.25) is 11.0 Å². The molecule has 1 aliphatic heterocycles. The molecule has 6 heteroatoms. The van der Waals surface area contributed by atoms with Gasteiger partial charge in [0.25, 0.3) is 0 Å². The van der Waals surface area contributed by atoms with Gasteiger partial charge < -0.3 is 10.6 Å². The first-order valence-electron chi connectivity index (χ1n) is 5.42. The van der Waals surface area contributed by atoms with E-state index in [2.05, 4.69) is 24.0 Å². The summed E-state index contributed by atoms with van der Waals surface area (Å²) in [6.45, 7) is 5.70. The molecule has 1 aromatic rings. The van der Waals surface area contributed by atoms with Crippen LogP contribution >= 0.6 is 11.3 Å². The maximum atomic E-state index is 11.8. The van der Waals surface area contributed by atoms with E-state index in [1.54, 1.807) is 0 Å². The molecule has 88 valence electrons. The lowest BCUT2D eigenvalue weighted by atomic mass is 9.95. The lowest BCUT2D eigenvalue weighted by Crippen LogP contribution is -2.25. The fourth-order valence-electron chi connectivity index (χ4n) is 1.90. The van der Waals surface area contributed by atoms with Gasteiger partial charge in [-0.15, -0.1) is 10.2 Å². The van der Waals surface area contributed by atoms with Crippen LogP contribution in [0.25, 0.3) is 0 Å². The zero-order valence-corrected chi connectivity index (χ0v) is 10.3. The Balaban J connectivity index is 1.98. The minimum Gasteiger partial charge on any atom is -0.374 e.